The van der Waals surface area contributed by atoms with Gasteiger partial charge in [-0.2, -0.15) is 0 Å². The molecule has 1 N–H and O–H groups in total. The molecule has 0 aliphatic rings. The molecular formula is C12H15N5. The Bertz CT molecular complexity index is 487. The molecule has 5 heteroatoms. The van der Waals surface area contributed by atoms with Crippen LogP contribution in [0.15, 0.2) is 18.6 Å². The van der Waals surface area contributed by atoms with Gasteiger partial charge in [-0.25, -0.2) is 15.0 Å². The van der Waals surface area contributed by atoms with E-state index in [0.29, 0.717) is 11.5 Å². The van der Waals surface area contributed by atoms with Crippen molar-refractivity contribution in [2.24, 2.45) is 0 Å². The van der Waals surface area contributed by atoms with Crippen LogP contribution in [0.4, 0.5) is 0 Å². The third-order valence-corrected chi connectivity index (χ3v) is 2.57. The van der Waals surface area contributed by atoms with Crippen molar-refractivity contribution in [1.29, 1.82) is 0 Å². The molecule has 0 amide bonds. The summed E-state index contributed by atoms with van der Waals surface area (Å²) in [7, 11) is 1.91. The minimum absolute atomic E-state index is 0.632. The van der Waals surface area contributed by atoms with Crippen LogP contribution in [-0.4, -0.2) is 27.0 Å². The van der Waals surface area contributed by atoms with Gasteiger partial charge in [0.15, 0.2) is 5.82 Å². The van der Waals surface area contributed by atoms with Crippen LogP contribution in [0.2, 0.25) is 0 Å². The molecule has 2 aromatic rings. The normalized spacial score (nSPS) is 10.5. The molecule has 2 rings (SSSR count). The van der Waals surface area contributed by atoms with Gasteiger partial charge in [0.25, 0.3) is 0 Å². The van der Waals surface area contributed by atoms with Crippen LogP contribution in [0.1, 0.15) is 17.0 Å². The van der Waals surface area contributed by atoms with E-state index in [1.54, 1.807) is 18.6 Å². The lowest BCUT2D eigenvalue weighted by Gasteiger charge is -2.09. The molecule has 17 heavy (non-hydrogen) atoms. The summed E-state index contributed by atoms with van der Waals surface area (Å²) < 4.78 is 0. The molecule has 2 aromatic heterocycles. The molecule has 0 spiro atoms. The summed E-state index contributed by atoms with van der Waals surface area (Å²) >= 11 is 0. The van der Waals surface area contributed by atoms with Crippen LogP contribution in [0, 0.1) is 13.8 Å². The number of rotatable bonds is 3. The number of aryl methyl sites for hydroxylation is 2. The summed E-state index contributed by atoms with van der Waals surface area (Å²) in [6.07, 6.45) is 4.95. The molecule has 5 nitrogen and oxygen atoms in total. The Labute approximate surface area is 100 Å². The highest BCUT2D eigenvalue weighted by molar-refractivity contribution is 5.48. The van der Waals surface area contributed by atoms with Crippen molar-refractivity contribution in [2.45, 2.75) is 20.4 Å². The zero-order valence-electron chi connectivity index (χ0n) is 10.2. The van der Waals surface area contributed by atoms with Crippen molar-refractivity contribution in [3.63, 3.8) is 0 Å². The average molecular weight is 229 g/mol. The molecule has 0 aliphatic heterocycles. The molecule has 0 saturated heterocycles. The van der Waals surface area contributed by atoms with E-state index in [0.717, 1.165) is 23.5 Å². The molecule has 0 radical (unpaired) electrons. The SMILES string of the molecule is CNCc1c(C)nc(-c2cnccn2)nc1C. The summed E-state index contributed by atoms with van der Waals surface area (Å²) in [6.45, 7) is 4.75. The maximum Gasteiger partial charge on any atom is 0.180 e. The summed E-state index contributed by atoms with van der Waals surface area (Å²) in [5.41, 5.74) is 3.80. The summed E-state index contributed by atoms with van der Waals surface area (Å²) in [4.78, 5) is 17.2. The first kappa shape index (κ1) is 11.6. The highest BCUT2D eigenvalue weighted by Gasteiger charge is 2.09. The van der Waals surface area contributed by atoms with Crippen molar-refractivity contribution in [2.75, 3.05) is 7.05 Å². The lowest BCUT2D eigenvalue weighted by atomic mass is 10.1. The molecular weight excluding hydrogens is 214 g/mol. The van der Waals surface area contributed by atoms with Crippen LogP contribution in [-0.2, 0) is 6.54 Å². The van der Waals surface area contributed by atoms with E-state index in [2.05, 4.69) is 25.3 Å². The topological polar surface area (TPSA) is 63.6 Å². The highest BCUT2D eigenvalue weighted by atomic mass is 14.9. The lowest BCUT2D eigenvalue weighted by Crippen LogP contribution is -2.11. The number of hydrogen-bond donors (Lipinski definition) is 1. The van der Waals surface area contributed by atoms with Gasteiger partial charge in [-0.05, 0) is 20.9 Å². The average Bonchev–Trinajstić information content (AvgIpc) is 2.35. The van der Waals surface area contributed by atoms with Crippen LogP contribution in [0.3, 0.4) is 0 Å². The van der Waals surface area contributed by atoms with Gasteiger partial charge in [0, 0.05) is 35.9 Å². The Kier molecular flexibility index (Phi) is 3.39. The summed E-state index contributed by atoms with van der Waals surface area (Å²) in [6, 6.07) is 0. The Morgan fingerprint density at radius 3 is 2.35 bits per heavy atom. The van der Waals surface area contributed by atoms with E-state index in [4.69, 9.17) is 0 Å². The van der Waals surface area contributed by atoms with Crippen molar-refractivity contribution < 1.29 is 0 Å². The van der Waals surface area contributed by atoms with Crippen molar-refractivity contribution >= 4 is 0 Å². The van der Waals surface area contributed by atoms with Gasteiger partial charge in [0.1, 0.15) is 5.69 Å². The second kappa shape index (κ2) is 4.97. The van der Waals surface area contributed by atoms with E-state index in [-0.39, 0.29) is 0 Å². The molecule has 0 aromatic carbocycles. The second-order valence-electron chi connectivity index (χ2n) is 3.82. The quantitative estimate of drug-likeness (QED) is 0.858. The standard InChI is InChI=1S/C12H15N5/c1-8-10(6-13-3)9(2)17-12(16-8)11-7-14-4-5-15-11/h4-5,7,13H,6H2,1-3H3. The smallest absolute Gasteiger partial charge is 0.180 e. The van der Waals surface area contributed by atoms with Gasteiger partial charge in [-0.1, -0.05) is 0 Å². The largest absolute Gasteiger partial charge is 0.316 e. The van der Waals surface area contributed by atoms with Gasteiger partial charge in [0.2, 0.25) is 0 Å². The van der Waals surface area contributed by atoms with Gasteiger partial charge in [-0.3, -0.25) is 4.98 Å². The number of nitrogens with zero attached hydrogens (tertiary/aromatic N) is 4. The molecule has 0 fully saturated rings. The minimum atomic E-state index is 0.632. The van der Waals surface area contributed by atoms with Crippen LogP contribution < -0.4 is 5.32 Å². The van der Waals surface area contributed by atoms with Gasteiger partial charge < -0.3 is 5.32 Å². The lowest BCUT2D eigenvalue weighted by molar-refractivity contribution is 0.786. The van der Waals surface area contributed by atoms with E-state index in [1.807, 2.05) is 20.9 Å². The third kappa shape index (κ3) is 2.45. The zero-order valence-corrected chi connectivity index (χ0v) is 10.2. The summed E-state index contributed by atoms with van der Waals surface area (Å²) in [5.74, 6) is 0.632. The maximum atomic E-state index is 4.47. The minimum Gasteiger partial charge on any atom is -0.316 e. The van der Waals surface area contributed by atoms with Crippen molar-refractivity contribution in [1.82, 2.24) is 25.3 Å². The first-order valence-electron chi connectivity index (χ1n) is 5.47. The van der Waals surface area contributed by atoms with Crippen molar-refractivity contribution in [3.05, 3.63) is 35.5 Å². The van der Waals surface area contributed by atoms with Crippen molar-refractivity contribution in [3.8, 4) is 11.5 Å². The molecule has 0 unspecified atom stereocenters. The van der Waals surface area contributed by atoms with Gasteiger partial charge in [0.05, 0.1) is 6.20 Å². The number of aromatic nitrogens is 4. The van der Waals surface area contributed by atoms with E-state index in [9.17, 15) is 0 Å². The Balaban J connectivity index is 2.46. The van der Waals surface area contributed by atoms with Crippen LogP contribution in [0.5, 0.6) is 0 Å². The Morgan fingerprint density at radius 2 is 1.82 bits per heavy atom. The first-order valence-corrected chi connectivity index (χ1v) is 5.47. The predicted octanol–water partition coefficient (Wildman–Crippen LogP) is 1.27. The fourth-order valence-electron chi connectivity index (χ4n) is 1.70. The fourth-order valence-corrected chi connectivity index (χ4v) is 1.70. The first-order chi connectivity index (χ1) is 8.22. The summed E-state index contributed by atoms with van der Waals surface area (Å²) in [5, 5.41) is 3.12. The molecule has 0 bridgehead atoms. The van der Waals surface area contributed by atoms with Crippen LogP contribution in [0.25, 0.3) is 11.5 Å². The zero-order chi connectivity index (χ0) is 12.3. The highest BCUT2D eigenvalue weighted by Crippen LogP contribution is 2.15. The molecule has 0 saturated carbocycles. The monoisotopic (exact) mass is 229 g/mol. The Morgan fingerprint density at radius 1 is 1.12 bits per heavy atom. The van der Waals surface area contributed by atoms with Gasteiger partial charge in [-0.15, -0.1) is 0 Å². The number of hydrogen-bond acceptors (Lipinski definition) is 5. The third-order valence-electron chi connectivity index (χ3n) is 2.57. The maximum absolute atomic E-state index is 4.47. The second-order valence-corrected chi connectivity index (χ2v) is 3.82. The predicted molar refractivity (Wildman–Crippen MR) is 65.3 cm³/mol. The molecule has 0 atom stereocenters. The van der Waals surface area contributed by atoms with E-state index >= 15 is 0 Å². The molecule has 0 aliphatic carbocycles. The van der Waals surface area contributed by atoms with E-state index in [1.165, 1.54) is 0 Å². The van der Waals surface area contributed by atoms with Gasteiger partial charge >= 0.3 is 0 Å². The number of nitrogens with one attached hydrogen (secondary N) is 1. The van der Waals surface area contributed by atoms with Crippen LogP contribution >= 0.6 is 0 Å². The fraction of sp³-hybridized carbons (Fsp3) is 0.333. The van der Waals surface area contributed by atoms with E-state index < -0.39 is 0 Å². The Hall–Kier alpha value is -1.88. The molecule has 2 heterocycles. The molecule has 88 valence electrons.